The van der Waals surface area contributed by atoms with Gasteiger partial charge in [-0.1, -0.05) is 48.4 Å². The van der Waals surface area contributed by atoms with Crippen LogP contribution in [0, 0.1) is 11.7 Å². The molecule has 2 atom stereocenters. The largest absolute Gasteiger partial charge is 0.355 e. The smallest absolute Gasteiger partial charge is 0.239 e. The number of amides is 2. The van der Waals surface area contributed by atoms with Crippen LogP contribution < -0.4 is 5.32 Å². The maximum atomic E-state index is 13.9. The fourth-order valence-electron chi connectivity index (χ4n) is 5.84. The number of hydrogen-bond acceptors (Lipinski definition) is 3. The maximum Gasteiger partial charge on any atom is 0.239 e. The van der Waals surface area contributed by atoms with E-state index >= 15 is 0 Å². The van der Waals surface area contributed by atoms with Crippen LogP contribution in [0.2, 0.25) is 0 Å². The molecule has 0 saturated carbocycles. The standard InChI is InChI=1S/C30H33FN4O2/c1-3-32-28(36)19-34(16-15-21-7-5-4-6-8-21)30(37)25-14-9-22-17-27-26(20(2)29(22)25)18-33-35(27)24-12-10-23(31)11-13-24/h4-8,10-13,18,20,25H,3,9,14-17,19H2,1-2H3,(H,32,36)/t20-,25+/m0/s1. The van der Waals surface area contributed by atoms with Gasteiger partial charge in [0.25, 0.3) is 0 Å². The topological polar surface area (TPSA) is 67.2 Å². The third-order valence-corrected chi connectivity index (χ3v) is 7.64. The van der Waals surface area contributed by atoms with E-state index in [0.29, 0.717) is 19.5 Å². The average Bonchev–Trinajstić information content (AvgIpc) is 3.53. The molecule has 5 rings (SSSR count). The Morgan fingerprint density at radius 3 is 2.62 bits per heavy atom. The van der Waals surface area contributed by atoms with Crippen molar-refractivity contribution in [3.05, 3.63) is 94.6 Å². The zero-order valence-electron chi connectivity index (χ0n) is 21.4. The van der Waals surface area contributed by atoms with Gasteiger partial charge in [-0.05, 0) is 56.0 Å². The number of nitrogens with zero attached hydrogens (tertiary/aromatic N) is 3. The minimum Gasteiger partial charge on any atom is -0.355 e. The molecule has 1 aromatic heterocycles. The van der Waals surface area contributed by atoms with Crippen molar-refractivity contribution >= 4 is 11.8 Å². The van der Waals surface area contributed by atoms with Crippen LogP contribution in [-0.2, 0) is 22.4 Å². The highest BCUT2D eigenvalue weighted by Gasteiger charge is 2.40. The SMILES string of the molecule is CCNC(=O)CN(CCc1ccccc1)C(=O)[C@@H]1CCC2=C1[C@@H](C)c1cnn(-c3ccc(F)cc3)c1C2. The van der Waals surface area contributed by atoms with E-state index in [9.17, 15) is 14.0 Å². The molecule has 1 heterocycles. The summed E-state index contributed by atoms with van der Waals surface area (Å²) in [5.74, 6) is -0.531. The highest BCUT2D eigenvalue weighted by Crippen LogP contribution is 2.47. The van der Waals surface area contributed by atoms with Gasteiger partial charge in [0.05, 0.1) is 30.0 Å². The summed E-state index contributed by atoms with van der Waals surface area (Å²) in [6.45, 7) is 5.14. The van der Waals surface area contributed by atoms with Crippen LogP contribution >= 0.6 is 0 Å². The zero-order chi connectivity index (χ0) is 25.9. The summed E-state index contributed by atoms with van der Waals surface area (Å²) < 4.78 is 15.4. The monoisotopic (exact) mass is 500 g/mol. The first kappa shape index (κ1) is 24.9. The zero-order valence-corrected chi connectivity index (χ0v) is 21.4. The lowest BCUT2D eigenvalue weighted by Crippen LogP contribution is -2.44. The van der Waals surface area contributed by atoms with Gasteiger partial charge in [-0.25, -0.2) is 9.07 Å². The summed E-state index contributed by atoms with van der Waals surface area (Å²) in [5.41, 5.74) is 6.68. The van der Waals surface area contributed by atoms with Crippen molar-refractivity contribution < 1.29 is 14.0 Å². The Bertz CT molecular complexity index is 1310. The number of aromatic nitrogens is 2. The third kappa shape index (κ3) is 5.08. The lowest BCUT2D eigenvalue weighted by molar-refractivity contribution is -0.138. The number of rotatable bonds is 8. The second-order valence-electron chi connectivity index (χ2n) is 9.93. The van der Waals surface area contributed by atoms with Gasteiger partial charge in [-0.3, -0.25) is 9.59 Å². The number of carbonyl (C=O) groups excluding carboxylic acids is 2. The van der Waals surface area contributed by atoms with Crippen LogP contribution in [0.15, 0.2) is 71.9 Å². The molecule has 0 spiro atoms. The first-order valence-electron chi connectivity index (χ1n) is 13.1. The number of nitrogens with one attached hydrogen (secondary N) is 1. The Hall–Kier alpha value is -3.74. The normalized spacial score (nSPS) is 18.4. The minimum atomic E-state index is -0.273. The fraction of sp³-hybridized carbons (Fsp3) is 0.367. The lowest BCUT2D eigenvalue weighted by Gasteiger charge is -2.30. The van der Waals surface area contributed by atoms with Crippen LogP contribution in [0.3, 0.4) is 0 Å². The quantitative estimate of drug-likeness (QED) is 0.460. The summed E-state index contributed by atoms with van der Waals surface area (Å²) in [6, 6.07) is 16.4. The molecule has 0 saturated heterocycles. The molecule has 0 fully saturated rings. The molecule has 2 aliphatic rings. The molecular weight excluding hydrogens is 467 g/mol. The molecule has 3 aromatic rings. The Kier molecular flexibility index (Phi) is 7.22. The highest BCUT2D eigenvalue weighted by molar-refractivity contribution is 5.88. The van der Waals surface area contributed by atoms with Gasteiger partial charge in [0, 0.05) is 31.0 Å². The van der Waals surface area contributed by atoms with Gasteiger partial charge in [0.1, 0.15) is 5.82 Å². The summed E-state index contributed by atoms with van der Waals surface area (Å²) in [6.07, 6.45) is 4.94. The number of likely N-dealkylation sites (N-methyl/N-ethyl adjacent to an activating group) is 1. The summed E-state index contributed by atoms with van der Waals surface area (Å²) >= 11 is 0. The van der Waals surface area contributed by atoms with E-state index in [1.54, 1.807) is 17.0 Å². The number of halogens is 1. The molecule has 192 valence electrons. The van der Waals surface area contributed by atoms with Gasteiger partial charge in [0.15, 0.2) is 0 Å². The van der Waals surface area contributed by atoms with Crippen molar-refractivity contribution in [2.24, 2.45) is 5.92 Å². The van der Waals surface area contributed by atoms with Gasteiger partial charge in [-0.15, -0.1) is 0 Å². The van der Waals surface area contributed by atoms with Crippen LogP contribution in [0.1, 0.15) is 49.4 Å². The summed E-state index contributed by atoms with van der Waals surface area (Å²) in [5, 5.41) is 7.46. The predicted octanol–water partition coefficient (Wildman–Crippen LogP) is 4.59. The van der Waals surface area contributed by atoms with Crippen molar-refractivity contribution in [3.8, 4) is 5.69 Å². The van der Waals surface area contributed by atoms with Crippen LogP contribution in [0.4, 0.5) is 4.39 Å². The van der Waals surface area contributed by atoms with Crippen LogP contribution in [0.5, 0.6) is 0 Å². The summed E-state index contributed by atoms with van der Waals surface area (Å²) in [4.78, 5) is 28.2. The number of allylic oxidation sites excluding steroid dienone is 1. The van der Waals surface area contributed by atoms with Crippen molar-refractivity contribution in [2.75, 3.05) is 19.6 Å². The van der Waals surface area contributed by atoms with E-state index in [0.717, 1.165) is 41.8 Å². The second-order valence-corrected chi connectivity index (χ2v) is 9.93. The van der Waals surface area contributed by atoms with Gasteiger partial charge < -0.3 is 10.2 Å². The van der Waals surface area contributed by atoms with Crippen molar-refractivity contribution in [2.45, 2.75) is 45.4 Å². The fourth-order valence-corrected chi connectivity index (χ4v) is 5.84. The average molecular weight is 501 g/mol. The van der Waals surface area contributed by atoms with Crippen molar-refractivity contribution in [1.82, 2.24) is 20.0 Å². The maximum absolute atomic E-state index is 13.9. The summed E-state index contributed by atoms with van der Waals surface area (Å²) in [7, 11) is 0. The molecule has 0 radical (unpaired) electrons. The van der Waals surface area contributed by atoms with Crippen molar-refractivity contribution in [1.29, 1.82) is 0 Å². The predicted molar refractivity (Wildman–Crippen MR) is 141 cm³/mol. The molecule has 0 unspecified atom stereocenters. The molecule has 7 heteroatoms. The molecule has 1 N–H and O–H groups in total. The number of carbonyl (C=O) groups is 2. The van der Waals surface area contributed by atoms with E-state index in [-0.39, 0.29) is 36.0 Å². The molecule has 0 aliphatic heterocycles. The van der Waals surface area contributed by atoms with Crippen LogP contribution in [-0.4, -0.2) is 46.1 Å². The molecular formula is C30H33FN4O2. The second kappa shape index (κ2) is 10.7. The number of fused-ring (bicyclic) bond motifs is 1. The third-order valence-electron chi connectivity index (χ3n) is 7.64. The lowest BCUT2D eigenvalue weighted by atomic mass is 9.79. The van der Waals surface area contributed by atoms with E-state index in [4.69, 9.17) is 0 Å². The Morgan fingerprint density at radius 1 is 1.14 bits per heavy atom. The van der Waals surface area contributed by atoms with E-state index in [1.165, 1.54) is 23.3 Å². The minimum absolute atomic E-state index is 0.0356. The van der Waals surface area contributed by atoms with Crippen LogP contribution in [0.25, 0.3) is 5.69 Å². The molecule has 37 heavy (non-hydrogen) atoms. The number of benzene rings is 2. The van der Waals surface area contributed by atoms with E-state index < -0.39 is 0 Å². The molecule has 2 aliphatic carbocycles. The highest BCUT2D eigenvalue weighted by atomic mass is 19.1. The first-order valence-corrected chi connectivity index (χ1v) is 13.1. The molecule has 2 aromatic carbocycles. The Morgan fingerprint density at radius 2 is 1.89 bits per heavy atom. The number of hydrogen-bond donors (Lipinski definition) is 1. The van der Waals surface area contributed by atoms with E-state index in [1.807, 2.05) is 36.0 Å². The van der Waals surface area contributed by atoms with Gasteiger partial charge in [-0.2, -0.15) is 5.10 Å². The first-order chi connectivity index (χ1) is 18.0. The Balaban J connectivity index is 1.38. The molecule has 2 amide bonds. The van der Waals surface area contributed by atoms with Gasteiger partial charge >= 0.3 is 0 Å². The Labute approximate surface area is 217 Å². The molecule has 6 nitrogen and oxygen atoms in total. The van der Waals surface area contributed by atoms with E-state index in [2.05, 4.69) is 29.5 Å². The van der Waals surface area contributed by atoms with Crippen molar-refractivity contribution in [3.63, 3.8) is 0 Å². The van der Waals surface area contributed by atoms with Gasteiger partial charge in [0.2, 0.25) is 11.8 Å². The molecule has 0 bridgehead atoms.